The smallest absolute Gasteiger partial charge is 0.251 e. The molecular weight excluding hydrogens is 308 g/mol. The maximum Gasteiger partial charge on any atom is 0.251 e. The van der Waals surface area contributed by atoms with Gasteiger partial charge in [0, 0.05) is 22.8 Å². The van der Waals surface area contributed by atoms with E-state index in [-0.39, 0.29) is 18.4 Å². The van der Waals surface area contributed by atoms with Crippen LogP contribution in [0.5, 0.6) is 0 Å². The zero-order valence-corrected chi connectivity index (χ0v) is 13.9. The molecule has 0 aromatic heterocycles. The van der Waals surface area contributed by atoms with E-state index >= 15 is 0 Å². The summed E-state index contributed by atoms with van der Waals surface area (Å²) in [6.45, 7) is 2.39. The van der Waals surface area contributed by atoms with Gasteiger partial charge in [-0.1, -0.05) is 30.3 Å². The molecule has 5 heteroatoms. The number of thioether (sulfide) groups is 1. The normalized spacial score (nSPS) is 10.1. The lowest BCUT2D eigenvalue weighted by atomic mass is 10.2. The van der Waals surface area contributed by atoms with E-state index in [0.29, 0.717) is 12.1 Å². The lowest BCUT2D eigenvalue weighted by Crippen LogP contribution is -2.36. The number of carbonyl (C=O) groups excluding carboxylic acids is 2. The van der Waals surface area contributed by atoms with E-state index in [1.807, 2.05) is 37.3 Å². The Balaban J connectivity index is 1.84. The molecule has 0 fully saturated rings. The Labute approximate surface area is 140 Å². The monoisotopic (exact) mass is 328 g/mol. The van der Waals surface area contributed by atoms with Crippen LogP contribution in [-0.2, 0) is 10.5 Å². The van der Waals surface area contributed by atoms with Gasteiger partial charge < -0.3 is 10.6 Å². The van der Waals surface area contributed by atoms with Crippen LogP contribution < -0.4 is 10.6 Å². The molecule has 2 aromatic rings. The number of carbonyl (C=O) groups is 2. The van der Waals surface area contributed by atoms with E-state index in [2.05, 4.69) is 22.8 Å². The molecule has 0 saturated heterocycles. The van der Waals surface area contributed by atoms with Gasteiger partial charge >= 0.3 is 0 Å². The van der Waals surface area contributed by atoms with Crippen molar-refractivity contribution >= 4 is 23.6 Å². The second-order valence-electron chi connectivity index (χ2n) is 4.93. The lowest BCUT2D eigenvalue weighted by Gasteiger charge is -2.06. The molecule has 0 aliphatic carbocycles. The molecule has 120 valence electrons. The number of likely N-dealkylation sites (N-methyl/N-ethyl adjacent to an activating group) is 1. The highest BCUT2D eigenvalue weighted by Crippen LogP contribution is 2.22. The summed E-state index contributed by atoms with van der Waals surface area (Å²) >= 11 is 1.72. The van der Waals surface area contributed by atoms with Gasteiger partial charge in [0.05, 0.1) is 6.54 Å². The Morgan fingerprint density at radius 2 is 1.65 bits per heavy atom. The summed E-state index contributed by atoms with van der Waals surface area (Å²) in [6.07, 6.45) is 0. The lowest BCUT2D eigenvalue weighted by molar-refractivity contribution is -0.120. The van der Waals surface area contributed by atoms with E-state index in [1.54, 1.807) is 23.9 Å². The van der Waals surface area contributed by atoms with Gasteiger partial charge in [0.2, 0.25) is 5.91 Å². The highest BCUT2D eigenvalue weighted by molar-refractivity contribution is 7.98. The van der Waals surface area contributed by atoms with Crippen LogP contribution >= 0.6 is 11.8 Å². The molecule has 0 radical (unpaired) electrons. The second-order valence-corrected chi connectivity index (χ2v) is 5.98. The standard InChI is InChI=1S/C18H20N2O2S/c1-2-19-17(21)12-20-18(22)15-8-10-16(11-9-15)23-13-14-6-4-3-5-7-14/h3-11H,2,12-13H2,1H3,(H,19,21)(H,20,22). The molecule has 0 aliphatic heterocycles. The van der Waals surface area contributed by atoms with Crippen LogP contribution in [0.1, 0.15) is 22.8 Å². The van der Waals surface area contributed by atoms with Crippen molar-refractivity contribution in [2.24, 2.45) is 0 Å². The molecule has 4 nitrogen and oxygen atoms in total. The Bertz CT molecular complexity index is 642. The summed E-state index contributed by atoms with van der Waals surface area (Å²) in [5, 5.41) is 5.24. The van der Waals surface area contributed by atoms with Crippen LogP contribution in [0.2, 0.25) is 0 Å². The fourth-order valence-electron chi connectivity index (χ4n) is 1.97. The first-order chi connectivity index (χ1) is 11.2. The minimum absolute atomic E-state index is 0.00280. The predicted molar refractivity (Wildman–Crippen MR) is 93.5 cm³/mol. The Morgan fingerprint density at radius 1 is 0.957 bits per heavy atom. The van der Waals surface area contributed by atoms with E-state index in [4.69, 9.17) is 0 Å². The van der Waals surface area contributed by atoms with Gasteiger partial charge in [-0.3, -0.25) is 9.59 Å². The first-order valence-corrected chi connectivity index (χ1v) is 8.49. The molecule has 2 amide bonds. The molecule has 0 aliphatic rings. The fourth-order valence-corrected chi connectivity index (χ4v) is 2.82. The van der Waals surface area contributed by atoms with Crippen LogP contribution in [0, 0.1) is 0 Å². The van der Waals surface area contributed by atoms with Gasteiger partial charge in [0.15, 0.2) is 0 Å². The van der Waals surface area contributed by atoms with Crippen LogP contribution in [-0.4, -0.2) is 24.9 Å². The maximum atomic E-state index is 11.9. The third-order valence-corrected chi connectivity index (χ3v) is 4.23. The molecule has 0 heterocycles. The third-order valence-electron chi connectivity index (χ3n) is 3.15. The number of nitrogens with one attached hydrogen (secondary N) is 2. The average Bonchev–Trinajstić information content (AvgIpc) is 2.59. The number of benzene rings is 2. The van der Waals surface area contributed by atoms with Crippen molar-refractivity contribution in [3.8, 4) is 0 Å². The fraction of sp³-hybridized carbons (Fsp3) is 0.222. The molecule has 23 heavy (non-hydrogen) atoms. The number of hydrogen-bond acceptors (Lipinski definition) is 3. The number of rotatable bonds is 7. The minimum Gasteiger partial charge on any atom is -0.355 e. The van der Waals surface area contributed by atoms with Crippen molar-refractivity contribution in [2.45, 2.75) is 17.6 Å². The summed E-state index contributed by atoms with van der Waals surface area (Å²) in [5.74, 6) is 0.468. The summed E-state index contributed by atoms with van der Waals surface area (Å²) in [7, 11) is 0. The second kappa shape index (κ2) is 9.00. The number of amides is 2. The van der Waals surface area contributed by atoms with Gasteiger partial charge in [-0.2, -0.15) is 0 Å². The Kier molecular flexibility index (Phi) is 6.69. The minimum atomic E-state index is -0.240. The van der Waals surface area contributed by atoms with Crippen LogP contribution in [0.25, 0.3) is 0 Å². The van der Waals surface area contributed by atoms with Gasteiger partial charge in [-0.05, 0) is 36.8 Å². The van der Waals surface area contributed by atoms with Gasteiger partial charge in [0.25, 0.3) is 5.91 Å². The Morgan fingerprint density at radius 3 is 2.30 bits per heavy atom. The Hall–Kier alpha value is -2.27. The zero-order chi connectivity index (χ0) is 16.5. The topological polar surface area (TPSA) is 58.2 Å². The molecule has 0 unspecified atom stereocenters. The molecule has 0 bridgehead atoms. The van der Waals surface area contributed by atoms with Crippen LogP contribution in [0.3, 0.4) is 0 Å². The van der Waals surface area contributed by atoms with E-state index in [0.717, 1.165) is 10.6 Å². The molecule has 0 spiro atoms. The molecule has 0 saturated carbocycles. The van der Waals surface area contributed by atoms with Crippen molar-refractivity contribution in [3.63, 3.8) is 0 Å². The van der Waals surface area contributed by atoms with Crippen molar-refractivity contribution < 1.29 is 9.59 Å². The predicted octanol–water partition coefficient (Wildman–Crippen LogP) is 2.84. The molecule has 2 rings (SSSR count). The summed E-state index contributed by atoms with van der Waals surface area (Å²) in [4.78, 5) is 24.4. The quantitative estimate of drug-likeness (QED) is 0.769. The van der Waals surface area contributed by atoms with Gasteiger partial charge in [0.1, 0.15) is 0 Å². The SMILES string of the molecule is CCNC(=O)CNC(=O)c1ccc(SCc2ccccc2)cc1. The highest BCUT2D eigenvalue weighted by atomic mass is 32.2. The first kappa shape index (κ1) is 17.1. The van der Waals surface area contributed by atoms with E-state index in [9.17, 15) is 9.59 Å². The molecule has 2 aromatic carbocycles. The molecule has 2 N–H and O–H groups in total. The number of hydrogen-bond donors (Lipinski definition) is 2. The van der Waals surface area contributed by atoms with Gasteiger partial charge in [-0.15, -0.1) is 11.8 Å². The summed E-state index contributed by atoms with van der Waals surface area (Å²) in [6, 6.07) is 17.6. The molecular formula is C18H20N2O2S. The van der Waals surface area contributed by atoms with Crippen molar-refractivity contribution in [1.82, 2.24) is 10.6 Å². The van der Waals surface area contributed by atoms with Gasteiger partial charge in [-0.25, -0.2) is 0 Å². The molecule has 0 atom stereocenters. The van der Waals surface area contributed by atoms with Crippen LogP contribution in [0.15, 0.2) is 59.5 Å². The maximum absolute atomic E-state index is 11.9. The zero-order valence-electron chi connectivity index (χ0n) is 13.0. The van der Waals surface area contributed by atoms with E-state index in [1.165, 1.54) is 5.56 Å². The van der Waals surface area contributed by atoms with Crippen molar-refractivity contribution in [2.75, 3.05) is 13.1 Å². The largest absolute Gasteiger partial charge is 0.355 e. The third kappa shape index (κ3) is 5.79. The van der Waals surface area contributed by atoms with Crippen molar-refractivity contribution in [3.05, 3.63) is 65.7 Å². The average molecular weight is 328 g/mol. The highest BCUT2D eigenvalue weighted by Gasteiger charge is 2.07. The van der Waals surface area contributed by atoms with Crippen molar-refractivity contribution in [1.29, 1.82) is 0 Å². The van der Waals surface area contributed by atoms with Crippen LogP contribution in [0.4, 0.5) is 0 Å². The summed E-state index contributed by atoms with van der Waals surface area (Å²) in [5.41, 5.74) is 1.82. The first-order valence-electron chi connectivity index (χ1n) is 7.50. The summed E-state index contributed by atoms with van der Waals surface area (Å²) < 4.78 is 0. The van der Waals surface area contributed by atoms with E-state index < -0.39 is 0 Å².